The van der Waals surface area contributed by atoms with Crippen LogP contribution in [-0.2, 0) is 9.59 Å². The number of hydroxylamine groups is 1. The molecule has 0 bridgehead atoms. The second-order valence-corrected chi connectivity index (χ2v) is 7.97. The number of amides is 3. The quantitative estimate of drug-likeness (QED) is 0.152. The third-order valence-corrected chi connectivity index (χ3v) is 5.07. The van der Waals surface area contributed by atoms with E-state index in [1.165, 1.54) is 24.5 Å². The van der Waals surface area contributed by atoms with Crippen LogP contribution in [0.1, 0.15) is 28.4 Å². The summed E-state index contributed by atoms with van der Waals surface area (Å²) in [7, 11) is 0. The van der Waals surface area contributed by atoms with Crippen LogP contribution >= 0.6 is 0 Å². The number of pyridine rings is 1. The summed E-state index contributed by atoms with van der Waals surface area (Å²) >= 11 is 0. The Balaban J connectivity index is 1.51. The minimum Gasteiger partial charge on any atom is -0.391 e. The standard InChI is InChI=1S/C28H25N5O5/c1-19(34)26(28(37)33-38)32-27(36)22-12-8-20(9-13-22)5-2-3-6-21-10-14-23(15-11-21)31-25(35)18-30-24-7-4-16-29-17-24/h4,7-17,19,26,30,34,38H,18H2,1H3,(H,31,35)(H,32,36)(H,33,37). The number of nitrogens with zero attached hydrogens (tertiary/aromatic N) is 1. The van der Waals surface area contributed by atoms with Gasteiger partial charge in [-0.3, -0.25) is 24.6 Å². The number of benzene rings is 2. The van der Waals surface area contributed by atoms with Gasteiger partial charge in [0.1, 0.15) is 6.04 Å². The van der Waals surface area contributed by atoms with Crippen molar-refractivity contribution in [2.24, 2.45) is 0 Å². The Kier molecular flexibility index (Phi) is 9.96. The van der Waals surface area contributed by atoms with Crippen LogP contribution in [0.5, 0.6) is 0 Å². The molecular formula is C28H25N5O5. The summed E-state index contributed by atoms with van der Waals surface area (Å²) in [5.41, 5.74) is 4.39. The number of carbonyl (C=O) groups excluding carboxylic acids is 3. The van der Waals surface area contributed by atoms with Crippen LogP contribution in [0.2, 0.25) is 0 Å². The minimum absolute atomic E-state index is 0.109. The molecular weight excluding hydrogens is 486 g/mol. The van der Waals surface area contributed by atoms with Gasteiger partial charge in [-0.2, -0.15) is 0 Å². The van der Waals surface area contributed by atoms with Crippen LogP contribution in [-0.4, -0.2) is 51.7 Å². The molecule has 0 aliphatic rings. The van der Waals surface area contributed by atoms with Crippen molar-refractivity contribution in [2.45, 2.75) is 19.1 Å². The molecule has 0 spiro atoms. The summed E-state index contributed by atoms with van der Waals surface area (Å²) in [4.78, 5) is 39.9. The molecule has 38 heavy (non-hydrogen) atoms. The average Bonchev–Trinajstić information content (AvgIpc) is 2.94. The van der Waals surface area contributed by atoms with Gasteiger partial charge >= 0.3 is 0 Å². The van der Waals surface area contributed by atoms with Gasteiger partial charge < -0.3 is 21.1 Å². The van der Waals surface area contributed by atoms with E-state index in [0.29, 0.717) is 11.3 Å². The second-order valence-electron chi connectivity index (χ2n) is 7.97. The molecule has 10 heteroatoms. The van der Waals surface area contributed by atoms with Crippen molar-refractivity contribution >= 4 is 29.1 Å². The van der Waals surface area contributed by atoms with E-state index in [1.54, 1.807) is 54.9 Å². The van der Waals surface area contributed by atoms with Gasteiger partial charge in [-0.05, 0) is 79.4 Å². The van der Waals surface area contributed by atoms with E-state index in [9.17, 15) is 19.5 Å². The van der Waals surface area contributed by atoms with E-state index in [1.807, 2.05) is 6.07 Å². The third-order valence-electron chi connectivity index (χ3n) is 5.07. The summed E-state index contributed by atoms with van der Waals surface area (Å²) in [6.07, 6.45) is 2.09. The molecule has 0 saturated carbocycles. The zero-order chi connectivity index (χ0) is 27.3. The lowest BCUT2D eigenvalue weighted by molar-refractivity contribution is -0.133. The molecule has 3 amide bonds. The highest BCUT2D eigenvalue weighted by molar-refractivity contribution is 5.97. The van der Waals surface area contributed by atoms with E-state index in [4.69, 9.17) is 5.21 Å². The fraction of sp³-hybridized carbons (Fsp3) is 0.143. The number of hydrogen-bond acceptors (Lipinski definition) is 7. The molecule has 2 aromatic carbocycles. The number of anilines is 2. The van der Waals surface area contributed by atoms with E-state index in [2.05, 4.69) is 44.6 Å². The maximum atomic E-state index is 12.3. The fourth-order valence-corrected chi connectivity index (χ4v) is 3.10. The van der Waals surface area contributed by atoms with Gasteiger partial charge in [-0.15, -0.1) is 0 Å². The topological polar surface area (TPSA) is 153 Å². The van der Waals surface area contributed by atoms with Crippen molar-refractivity contribution < 1.29 is 24.7 Å². The molecule has 0 fully saturated rings. The van der Waals surface area contributed by atoms with Crippen LogP contribution < -0.4 is 21.4 Å². The maximum Gasteiger partial charge on any atom is 0.268 e. The number of aliphatic hydroxyl groups excluding tert-OH is 1. The first kappa shape index (κ1) is 27.4. The summed E-state index contributed by atoms with van der Waals surface area (Å²) in [5.74, 6) is 9.57. The van der Waals surface area contributed by atoms with E-state index < -0.39 is 24.0 Å². The molecule has 1 aromatic heterocycles. The Morgan fingerprint density at radius 1 is 0.921 bits per heavy atom. The monoisotopic (exact) mass is 511 g/mol. The predicted molar refractivity (Wildman–Crippen MR) is 141 cm³/mol. The fourth-order valence-electron chi connectivity index (χ4n) is 3.10. The highest BCUT2D eigenvalue weighted by atomic mass is 16.5. The molecule has 10 nitrogen and oxygen atoms in total. The first-order valence-corrected chi connectivity index (χ1v) is 11.4. The number of hydrogen-bond donors (Lipinski definition) is 6. The Labute approximate surface area is 219 Å². The molecule has 0 aliphatic heterocycles. The first-order chi connectivity index (χ1) is 18.4. The zero-order valence-corrected chi connectivity index (χ0v) is 20.4. The smallest absolute Gasteiger partial charge is 0.268 e. The lowest BCUT2D eigenvalue weighted by Crippen LogP contribution is -2.51. The van der Waals surface area contributed by atoms with Crippen LogP contribution in [0.4, 0.5) is 11.4 Å². The van der Waals surface area contributed by atoms with Gasteiger partial charge in [-0.25, -0.2) is 5.48 Å². The second kappa shape index (κ2) is 13.8. The van der Waals surface area contributed by atoms with Gasteiger partial charge in [0, 0.05) is 34.8 Å². The van der Waals surface area contributed by atoms with Crippen molar-refractivity contribution in [3.63, 3.8) is 0 Å². The molecule has 2 unspecified atom stereocenters. The molecule has 192 valence electrons. The SMILES string of the molecule is CC(O)C(NC(=O)c1ccc(C#CC#Cc2ccc(NC(=O)CNc3cccnc3)cc2)cc1)C(=O)NO. The first-order valence-electron chi connectivity index (χ1n) is 11.4. The Morgan fingerprint density at radius 2 is 1.55 bits per heavy atom. The molecule has 3 rings (SSSR count). The Hall–Kier alpha value is -5.16. The summed E-state index contributed by atoms with van der Waals surface area (Å²) in [5, 5.41) is 26.5. The van der Waals surface area contributed by atoms with E-state index in [0.717, 1.165) is 11.3 Å². The largest absolute Gasteiger partial charge is 0.391 e. The van der Waals surface area contributed by atoms with Crippen LogP contribution in [0.25, 0.3) is 0 Å². The number of rotatable bonds is 8. The predicted octanol–water partition coefficient (Wildman–Crippen LogP) is 1.52. The van der Waals surface area contributed by atoms with Gasteiger partial charge in [0.2, 0.25) is 5.91 Å². The Bertz CT molecular complexity index is 1380. The van der Waals surface area contributed by atoms with Gasteiger partial charge in [0.25, 0.3) is 11.8 Å². The third kappa shape index (κ3) is 8.50. The van der Waals surface area contributed by atoms with Gasteiger partial charge in [0.15, 0.2) is 0 Å². The number of carbonyl (C=O) groups is 3. The van der Waals surface area contributed by atoms with Crippen molar-refractivity contribution in [1.82, 2.24) is 15.8 Å². The molecule has 3 aromatic rings. The number of nitrogens with one attached hydrogen (secondary N) is 4. The van der Waals surface area contributed by atoms with Crippen molar-refractivity contribution in [1.29, 1.82) is 0 Å². The highest BCUT2D eigenvalue weighted by Crippen LogP contribution is 2.09. The van der Waals surface area contributed by atoms with Gasteiger partial charge in [0.05, 0.1) is 18.3 Å². The summed E-state index contributed by atoms with van der Waals surface area (Å²) in [6, 6.07) is 15.6. The lowest BCUT2D eigenvalue weighted by atomic mass is 10.1. The molecule has 0 aliphatic carbocycles. The normalized spacial score (nSPS) is 11.3. The van der Waals surface area contributed by atoms with Crippen molar-refractivity contribution in [3.8, 4) is 23.7 Å². The van der Waals surface area contributed by atoms with Crippen LogP contribution in [0.3, 0.4) is 0 Å². The van der Waals surface area contributed by atoms with E-state index >= 15 is 0 Å². The molecule has 6 N–H and O–H groups in total. The van der Waals surface area contributed by atoms with Gasteiger partial charge in [-0.1, -0.05) is 11.8 Å². The minimum atomic E-state index is -1.30. The van der Waals surface area contributed by atoms with Crippen molar-refractivity contribution in [3.05, 3.63) is 89.7 Å². The van der Waals surface area contributed by atoms with Crippen molar-refractivity contribution in [2.75, 3.05) is 17.2 Å². The van der Waals surface area contributed by atoms with E-state index in [-0.39, 0.29) is 18.0 Å². The number of aromatic nitrogens is 1. The number of aliphatic hydroxyl groups is 1. The highest BCUT2D eigenvalue weighted by Gasteiger charge is 2.25. The Morgan fingerprint density at radius 3 is 2.11 bits per heavy atom. The zero-order valence-electron chi connectivity index (χ0n) is 20.4. The van der Waals surface area contributed by atoms with Crippen LogP contribution in [0.15, 0.2) is 73.1 Å². The molecule has 0 radical (unpaired) electrons. The maximum absolute atomic E-state index is 12.3. The van der Waals surface area contributed by atoms with Crippen LogP contribution in [0, 0.1) is 23.7 Å². The molecule has 0 saturated heterocycles. The summed E-state index contributed by atoms with van der Waals surface area (Å²) < 4.78 is 0. The molecule has 2 atom stereocenters. The lowest BCUT2D eigenvalue weighted by Gasteiger charge is -2.19. The average molecular weight is 512 g/mol. The molecule has 1 heterocycles. The summed E-state index contributed by atoms with van der Waals surface area (Å²) in [6.45, 7) is 1.42.